The third-order valence-corrected chi connectivity index (χ3v) is 6.10. The number of methoxy groups -OCH3 is 1. The molecule has 0 radical (unpaired) electrons. The molecule has 0 saturated heterocycles. The molecule has 0 aromatic carbocycles. The van der Waals surface area contributed by atoms with Crippen LogP contribution in [0.1, 0.15) is 39.8 Å². The number of carbonyl (C=O) groups excluding carboxylic acids is 1. The van der Waals surface area contributed by atoms with E-state index >= 15 is 0 Å². The number of aromatic amines is 1. The molecule has 2 aromatic rings. The molecule has 2 atom stereocenters. The summed E-state index contributed by atoms with van der Waals surface area (Å²) >= 11 is 0. The van der Waals surface area contributed by atoms with Gasteiger partial charge in [-0.25, -0.2) is 4.98 Å². The van der Waals surface area contributed by atoms with E-state index in [0.717, 1.165) is 6.42 Å². The van der Waals surface area contributed by atoms with Crippen LogP contribution in [0.15, 0.2) is 11.1 Å². The summed E-state index contributed by atoms with van der Waals surface area (Å²) < 4.78 is 23.8. The number of anilines is 1. The van der Waals surface area contributed by atoms with Gasteiger partial charge in [0.25, 0.3) is 5.56 Å². The normalized spacial score (nSPS) is 13.8. The average Bonchev–Trinajstić information content (AvgIpc) is 3.17. The second kappa shape index (κ2) is 12.2. The van der Waals surface area contributed by atoms with Crippen molar-refractivity contribution in [2.24, 2.45) is 5.92 Å². The average molecular weight is 457 g/mol. The van der Waals surface area contributed by atoms with Crippen LogP contribution in [0.3, 0.4) is 0 Å². The number of nitrogens with one attached hydrogen (secondary N) is 2. The number of carbonyl (C=O) groups is 1. The molecule has 31 heavy (non-hydrogen) atoms. The second-order valence-electron chi connectivity index (χ2n) is 7.13. The van der Waals surface area contributed by atoms with E-state index in [1.165, 1.54) is 6.33 Å². The van der Waals surface area contributed by atoms with Gasteiger partial charge in [-0.05, 0) is 6.42 Å². The standard InChI is InChI=1S/C19H32N5O6P/c1-7-13(30-8-9-31(28-5)29-6)10-14(27-4)24-11-20-15-16(24)21-19(23-18(15)26)22-17(25)12(2)3/h11-14H,7-10H2,1-6H3,(H2,21,22,23,25,26). The van der Waals surface area contributed by atoms with Crippen LogP contribution in [-0.2, 0) is 23.3 Å². The van der Waals surface area contributed by atoms with Crippen LogP contribution < -0.4 is 10.9 Å². The fraction of sp³-hybridized carbons (Fsp3) is 0.684. The first-order valence-electron chi connectivity index (χ1n) is 10.1. The summed E-state index contributed by atoms with van der Waals surface area (Å²) in [4.78, 5) is 35.5. The highest BCUT2D eigenvalue weighted by molar-refractivity contribution is 7.47. The number of aromatic nitrogens is 4. The van der Waals surface area contributed by atoms with E-state index in [9.17, 15) is 9.59 Å². The van der Waals surface area contributed by atoms with Crippen LogP contribution in [0.2, 0.25) is 0 Å². The highest BCUT2D eigenvalue weighted by atomic mass is 31.2. The molecule has 2 rings (SSSR count). The van der Waals surface area contributed by atoms with E-state index in [1.54, 1.807) is 39.7 Å². The largest absolute Gasteiger partial charge is 0.378 e. The van der Waals surface area contributed by atoms with Crippen molar-refractivity contribution in [1.82, 2.24) is 19.5 Å². The lowest BCUT2D eigenvalue weighted by Gasteiger charge is -2.24. The van der Waals surface area contributed by atoms with Gasteiger partial charge in [-0.1, -0.05) is 20.8 Å². The minimum absolute atomic E-state index is 0.0728. The predicted molar refractivity (Wildman–Crippen MR) is 118 cm³/mol. The van der Waals surface area contributed by atoms with Crippen LogP contribution in [0.25, 0.3) is 11.2 Å². The van der Waals surface area contributed by atoms with Gasteiger partial charge in [-0.3, -0.25) is 24.5 Å². The van der Waals surface area contributed by atoms with E-state index in [-0.39, 0.29) is 29.4 Å². The minimum atomic E-state index is -0.949. The summed E-state index contributed by atoms with van der Waals surface area (Å²) in [5, 5.41) is 2.62. The molecule has 0 aliphatic carbocycles. The van der Waals surface area contributed by atoms with E-state index in [2.05, 4.69) is 20.3 Å². The molecule has 2 aromatic heterocycles. The lowest BCUT2D eigenvalue weighted by molar-refractivity contribution is -0.118. The summed E-state index contributed by atoms with van der Waals surface area (Å²) in [6.07, 6.45) is 2.93. The molecule has 11 nitrogen and oxygen atoms in total. The summed E-state index contributed by atoms with van der Waals surface area (Å²) in [6.45, 7) is 6.03. The molecule has 174 valence electrons. The van der Waals surface area contributed by atoms with Crippen molar-refractivity contribution >= 4 is 31.4 Å². The molecular weight excluding hydrogens is 425 g/mol. The Balaban J connectivity index is 2.19. The topological polar surface area (TPSA) is 130 Å². The van der Waals surface area contributed by atoms with Crippen molar-refractivity contribution in [1.29, 1.82) is 0 Å². The van der Waals surface area contributed by atoms with Gasteiger partial charge in [-0.2, -0.15) is 4.98 Å². The number of amides is 1. The van der Waals surface area contributed by atoms with E-state index in [4.69, 9.17) is 18.5 Å². The number of rotatable bonds is 13. The van der Waals surface area contributed by atoms with Gasteiger partial charge in [0, 0.05) is 39.8 Å². The van der Waals surface area contributed by atoms with Crippen LogP contribution >= 0.6 is 8.38 Å². The number of hydrogen-bond donors (Lipinski definition) is 2. The first kappa shape index (κ1) is 25.4. The quantitative estimate of drug-likeness (QED) is 0.439. The Morgan fingerprint density at radius 3 is 2.58 bits per heavy atom. The molecule has 0 aliphatic heterocycles. The van der Waals surface area contributed by atoms with Gasteiger partial charge in [0.15, 0.2) is 19.5 Å². The predicted octanol–water partition coefficient (Wildman–Crippen LogP) is 2.65. The van der Waals surface area contributed by atoms with Gasteiger partial charge in [0.2, 0.25) is 11.9 Å². The van der Waals surface area contributed by atoms with Crippen molar-refractivity contribution in [2.45, 2.75) is 45.9 Å². The fourth-order valence-corrected chi connectivity index (χ4v) is 3.68. The molecule has 2 heterocycles. The zero-order chi connectivity index (χ0) is 23.0. The number of fused-ring (bicyclic) bond motifs is 1. The number of ether oxygens (including phenoxy) is 2. The zero-order valence-corrected chi connectivity index (χ0v) is 19.8. The maximum absolute atomic E-state index is 12.4. The Labute approximate surface area is 182 Å². The zero-order valence-electron chi connectivity index (χ0n) is 18.9. The molecule has 0 bridgehead atoms. The first-order valence-corrected chi connectivity index (χ1v) is 11.5. The van der Waals surface area contributed by atoms with Gasteiger partial charge in [0.05, 0.1) is 19.0 Å². The Morgan fingerprint density at radius 2 is 2.00 bits per heavy atom. The third-order valence-electron chi connectivity index (χ3n) is 4.74. The first-order chi connectivity index (χ1) is 14.8. The van der Waals surface area contributed by atoms with Crippen molar-refractivity contribution in [3.05, 3.63) is 16.7 Å². The molecule has 0 saturated carbocycles. The Hall–Kier alpha value is -1.91. The van der Waals surface area contributed by atoms with Crippen molar-refractivity contribution in [3.63, 3.8) is 0 Å². The van der Waals surface area contributed by atoms with Gasteiger partial charge in [-0.15, -0.1) is 0 Å². The molecule has 12 heteroatoms. The van der Waals surface area contributed by atoms with Crippen molar-refractivity contribution < 1.29 is 23.3 Å². The van der Waals surface area contributed by atoms with Gasteiger partial charge < -0.3 is 18.5 Å². The van der Waals surface area contributed by atoms with Crippen LogP contribution in [0.5, 0.6) is 0 Å². The molecule has 2 N–H and O–H groups in total. The maximum atomic E-state index is 12.4. The highest BCUT2D eigenvalue weighted by Gasteiger charge is 2.22. The smallest absolute Gasteiger partial charge is 0.280 e. The molecule has 0 aliphatic rings. The molecular formula is C19H32N5O6P. The summed E-state index contributed by atoms with van der Waals surface area (Å²) in [5.74, 6) is -0.427. The van der Waals surface area contributed by atoms with Crippen molar-refractivity contribution in [3.8, 4) is 0 Å². The molecule has 1 amide bonds. The Bertz CT molecular complexity index is 898. The number of hydrogen-bond acceptors (Lipinski definition) is 8. The number of nitrogens with zero attached hydrogens (tertiary/aromatic N) is 3. The van der Waals surface area contributed by atoms with Crippen LogP contribution in [0.4, 0.5) is 5.95 Å². The maximum Gasteiger partial charge on any atom is 0.280 e. The molecule has 0 spiro atoms. The van der Waals surface area contributed by atoms with Crippen LogP contribution in [0, 0.1) is 5.92 Å². The monoisotopic (exact) mass is 457 g/mol. The third kappa shape index (κ3) is 6.78. The molecule has 2 unspecified atom stereocenters. The minimum Gasteiger partial charge on any atom is -0.378 e. The Morgan fingerprint density at radius 1 is 1.29 bits per heavy atom. The van der Waals surface area contributed by atoms with Crippen molar-refractivity contribution in [2.75, 3.05) is 39.4 Å². The summed E-state index contributed by atoms with van der Waals surface area (Å²) in [5.41, 5.74) is 0.0598. The van der Waals surface area contributed by atoms with E-state index in [0.29, 0.717) is 24.8 Å². The summed E-state index contributed by atoms with van der Waals surface area (Å²) in [6, 6.07) is 0. The van der Waals surface area contributed by atoms with E-state index < -0.39 is 20.2 Å². The molecule has 0 fully saturated rings. The number of H-pyrrole nitrogens is 1. The fourth-order valence-electron chi connectivity index (χ4n) is 2.91. The lowest BCUT2D eigenvalue weighted by Crippen LogP contribution is -2.24. The van der Waals surface area contributed by atoms with Crippen LogP contribution in [-0.4, -0.2) is 65.6 Å². The van der Waals surface area contributed by atoms with Gasteiger partial charge >= 0.3 is 0 Å². The summed E-state index contributed by atoms with van der Waals surface area (Å²) in [7, 11) is 3.86. The second-order valence-corrected chi connectivity index (χ2v) is 8.97. The number of imidazole rings is 1. The lowest BCUT2D eigenvalue weighted by atomic mass is 10.2. The van der Waals surface area contributed by atoms with E-state index in [1.807, 2.05) is 6.92 Å². The SMILES string of the molecule is CCC(CC(OC)n1cnc2c(=O)[nH]c(NC(=O)C(C)C)nc21)OCCP(OC)OC. The van der Waals surface area contributed by atoms with Gasteiger partial charge in [0.1, 0.15) is 6.23 Å². The Kier molecular flexibility index (Phi) is 9.98. The highest BCUT2D eigenvalue weighted by Crippen LogP contribution is 2.35.